The predicted octanol–water partition coefficient (Wildman–Crippen LogP) is 2.48. The van der Waals surface area contributed by atoms with E-state index in [1.807, 2.05) is 0 Å². The maximum absolute atomic E-state index is 10.8. The van der Waals surface area contributed by atoms with E-state index in [2.05, 4.69) is 30.6 Å². The van der Waals surface area contributed by atoms with E-state index >= 15 is 0 Å². The first-order valence-corrected chi connectivity index (χ1v) is 5.48. The molecule has 14 heavy (non-hydrogen) atoms. The lowest BCUT2D eigenvalue weighted by atomic mass is 10.1. The number of unbranched alkanes of at least 4 members (excludes halogenated alkanes) is 2. The van der Waals surface area contributed by atoms with Gasteiger partial charge in [-0.1, -0.05) is 33.1 Å². The van der Waals surface area contributed by atoms with Crippen LogP contribution >= 0.6 is 0 Å². The second kappa shape index (κ2) is 9.06. The highest BCUT2D eigenvalue weighted by molar-refractivity contribution is 7.47. The first-order valence-electron chi connectivity index (χ1n) is 5.11. The van der Waals surface area contributed by atoms with Crippen LogP contribution in [-0.4, -0.2) is 19.1 Å². The van der Waals surface area contributed by atoms with E-state index in [1.165, 1.54) is 12.8 Å². The lowest BCUT2D eigenvalue weighted by Gasteiger charge is -2.04. The van der Waals surface area contributed by atoms with Crippen molar-refractivity contribution in [1.29, 1.82) is 0 Å². The van der Waals surface area contributed by atoms with Crippen LogP contribution in [0.1, 0.15) is 39.5 Å². The van der Waals surface area contributed by atoms with Gasteiger partial charge in [0.25, 0.3) is 0 Å². The molecule has 0 amide bonds. The minimum absolute atomic E-state index is 0.00132. The van der Waals surface area contributed by atoms with E-state index in [0.717, 1.165) is 18.8 Å². The summed E-state index contributed by atoms with van der Waals surface area (Å²) in [5.41, 5.74) is 0. The van der Waals surface area contributed by atoms with Crippen molar-refractivity contribution < 1.29 is 9.53 Å². The summed E-state index contributed by atoms with van der Waals surface area (Å²) in [6.07, 6.45) is 4.52. The molecular formula is C10H19NO2S. The number of ether oxygens (including phenoxy) is 1. The molecule has 3 nitrogen and oxygen atoms in total. The van der Waals surface area contributed by atoms with Crippen molar-refractivity contribution in [1.82, 2.24) is 0 Å². The molecule has 0 unspecified atom stereocenters. The Morgan fingerprint density at radius 3 is 2.64 bits per heavy atom. The Kier molecular flexibility index (Phi) is 8.73. The first-order chi connectivity index (χ1) is 6.66. The molecule has 0 N–H and O–H groups in total. The Morgan fingerprint density at radius 1 is 1.36 bits per heavy atom. The molecule has 0 rings (SSSR count). The molecule has 0 aromatic rings. The molecular weight excluding hydrogens is 198 g/mol. The maximum atomic E-state index is 10.8. The van der Waals surface area contributed by atoms with Crippen molar-refractivity contribution >= 4 is 18.4 Å². The minimum atomic E-state index is -0.316. The largest absolute Gasteiger partial charge is 0.464 e. The topological polar surface area (TPSA) is 38.7 Å². The van der Waals surface area contributed by atoms with Gasteiger partial charge in [-0.25, -0.2) is 4.36 Å². The van der Waals surface area contributed by atoms with Gasteiger partial charge in [0.2, 0.25) is 0 Å². The second-order valence-electron chi connectivity index (χ2n) is 3.75. The Bertz CT molecular complexity index is 172. The highest BCUT2D eigenvalue weighted by atomic mass is 32.1. The number of rotatable bonds is 8. The summed E-state index contributed by atoms with van der Waals surface area (Å²) in [4.78, 5) is 10.8. The molecule has 0 aliphatic rings. The van der Waals surface area contributed by atoms with Crippen molar-refractivity contribution in [3.63, 3.8) is 0 Å². The fourth-order valence-corrected chi connectivity index (χ4v) is 1.22. The van der Waals surface area contributed by atoms with Gasteiger partial charge in [0.15, 0.2) is 0 Å². The molecule has 0 fully saturated rings. The van der Waals surface area contributed by atoms with Gasteiger partial charge in [0.05, 0.1) is 6.61 Å². The van der Waals surface area contributed by atoms with Gasteiger partial charge in [0, 0.05) is 12.4 Å². The van der Waals surface area contributed by atoms with Gasteiger partial charge in [-0.2, -0.15) is 0 Å². The summed E-state index contributed by atoms with van der Waals surface area (Å²) in [6.45, 7) is 4.93. The van der Waals surface area contributed by atoms with Crippen LogP contribution in [0, 0.1) is 5.92 Å². The molecule has 0 heterocycles. The quantitative estimate of drug-likeness (QED) is 0.463. The van der Waals surface area contributed by atoms with Crippen LogP contribution in [0.4, 0.5) is 0 Å². The normalized spacial score (nSPS) is 10.2. The first kappa shape index (κ1) is 13.5. The molecule has 82 valence electrons. The molecule has 0 aliphatic heterocycles. The number of nitrogens with zero attached hydrogens (tertiary/aromatic N) is 1. The van der Waals surface area contributed by atoms with Gasteiger partial charge in [-0.15, -0.1) is 0 Å². The van der Waals surface area contributed by atoms with Crippen molar-refractivity contribution in [2.24, 2.45) is 10.3 Å². The molecule has 0 radical (unpaired) electrons. The van der Waals surface area contributed by atoms with Crippen molar-refractivity contribution in [2.75, 3.05) is 13.2 Å². The van der Waals surface area contributed by atoms with Gasteiger partial charge in [0.1, 0.15) is 6.54 Å². The summed E-state index contributed by atoms with van der Waals surface area (Å²) in [7, 11) is 0. The molecule has 4 heteroatoms. The summed E-state index contributed by atoms with van der Waals surface area (Å²) in [5.74, 6) is 0.445. The predicted molar refractivity (Wildman–Crippen MR) is 58.9 cm³/mol. The summed E-state index contributed by atoms with van der Waals surface area (Å²) < 4.78 is 8.17. The summed E-state index contributed by atoms with van der Waals surface area (Å²) in [5, 5.41) is 0. The molecule has 0 bridgehead atoms. The Morgan fingerprint density at radius 2 is 2.07 bits per heavy atom. The highest BCUT2D eigenvalue weighted by Gasteiger charge is 2.00. The van der Waals surface area contributed by atoms with Crippen LogP contribution in [0.15, 0.2) is 4.36 Å². The lowest BCUT2D eigenvalue weighted by molar-refractivity contribution is -0.141. The number of carbonyl (C=O) groups is 1. The fourth-order valence-electron chi connectivity index (χ4n) is 1.12. The molecule has 0 atom stereocenters. The van der Waals surface area contributed by atoms with E-state index in [-0.39, 0.29) is 12.5 Å². The van der Waals surface area contributed by atoms with Crippen LogP contribution < -0.4 is 0 Å². The Balaban J connectivity index is 3.13. The molecule has 0 saturated heterocycles. The highest BCUT2D eigenvalue weighted by Crippen LogP contribution is 2.07. The Labute approximate surface area is 91.4 Å². The Hall–Kier alpha value is -0.510. The van der Waals surface area contributed by atoms with E-state index in [0.29, 0.717) is 6.61 Å². The zero-order chi connectivity index (χ0) is 10.8. The number of esters is 1. The molecule has 0 spiro atoms. The number of hydrogen-bond acceptors (Lipinski definition) is 4. The van der Waals surface area contributed by atoms with Crippen molar-refractivity contribution in [2.45, 2.75) is 39.5 Å². The lowest BCUT2D eigenvalue weighted by Crippen LogP contribution is -2.08. The maximum Gasteiger partial charge on any atom is 0.328 e. The van der Waals surface area contributed by atoms with E-state index < -0.39 is 0 Å². The van der Waals surface area contributed by atoms with Crippen LogP contribution in [0.2, 0.25) is 0 Å². The van der Waals surface area contributed by atoms with E-state index in [9.17, 15) is 4.79 Å². The zero-order valence-electron chi connectivity index (χ0n) is 8.99. The minimum Gasteiger partial charge on any atom is -0.464 e. The smallest absolute Gasteiger partial charge is 0.328 e. The standard InChI is InChI=1S/C10H19NO2S/c1-9(2)6-4-3-5-7-13-10(12)8-11-14/h9H,3-8H2,1-2H3. The van der Waals surface area contributed by atoms with Crippen molar-refractivity contribution in [3.05, 3.63) is 0 Å². The van der Waals surface area contributed by atoms with E-state index in [4.69, 9.17) is 4.74 Å². The monoisotopic (exact) mass is 217 g/mol. The second-order valence-corrected chi connectivity index (χ2v) is 4.01. The van der Waals surface area contributed by atoms with Crippen LogP contribution in [0.3, 0.4) is 0 Å². The summed E-state index contributed by atoms with van der Waals surface area (Å²) in [6, 6.07) is 0. The number of carbonyl (C=O) groups excluding carboxylic acids is 1. The summed E-state index contributed by atoms with van der Waals surface area (Å²) >= 11 is 4.30. The van der Waals surface area contributed by atoms with Gasteiger partial charge >= 0.3 is 5.97 Å². The molecule has 0 saturated carbocycles. The SMILES string of the molecule is CC(C)CCCCCOC(=O)CN=S. The third-order valence-electron chi connectivity index (χ3n) is 1.88. The fraction of sp³-hybridized carbons (Fsp3) is 0.900. The third-order valence-corrected chi connectivity index (χ3v) is 2.01. The van der Waals surface area contributed by atoms with Gasteiger partial charge < -0.3 is 4.74 Å². The third kappa shape index (κ3) is 9.58. The van der Waals surface area contributed by atoms with Gasteiger partial charge in [-0.3, -0.25) is 4.79 Å². The van der Waals surface area contributed by atoms with Crippen LogP contribution in [-0.2, 0) is 22.0 Å². The number of hydrogen-bond donors (Lipinski definition) is 0. The average Bonchev–Trinajstić information content (AvgIpc) is 2.11. The zero-order valence-corrected chi connectivity index (χ0v) is 9.81. The van der Waals surface area contributed by atoms with Crippen molar-refractivity contribution in [3.8, 4) is 0 Å². The molecule has 0 aromatic heterocycles. The van der Waals surface area contributed by atoms with E-state index in [1.54, 1.807) is 0 Å². The average molecular weight is 217 g/mol. The van der Waals surface area contributed by atoms with Crippen LogP contribution in [0.25, 0.3) is 0 Å². The molecule has 0 aromatic carbocycles. The van der Waals surface area contributed by atoms with Gasteiger partial charge in [-0.05, 0) is 12.3 Å². The van der Waals surface area contributed by atoms with Crippen LogP contribution in [0.5, 0.6) is 0 Å². The molecule has 0 aliphatic carbocycles.